The van der Waals surface area contributed by atoms with Gasteiger partial charge in [0.15, 0.2) is 0 Å². The summed E-state index contributed by atoms with van der Waals surface area (Å²) >= 11 is 14.3. The molecule has 2 aliphatic rings. The number of benzene rings is 2. The Balaban J connectivity index is 1.16. The van der Waals surface area contributed by atoms with Crippen LogP contribution >= 0.6 is 23.2 Å². The molecule has 5 heterocycles. The van der Waals surface area contributed by atoms with Crippen LogP contribution in [0.25, 0.3) is 44.7 Å². The fourth-order valence-electron chi connectivity index (χ4n) is 7.13. The van der Waals surface area contributed by atoms with Gasteiger partial charge in [0.1, 0.15) is 11.4 Å². The van der Waals surface area contributed by atoms with E-state index in [0.717, 1.165) is 77.1 Å². The van der Waals surface area contributed by atoms with E-state index in [1.807, 2.05) is 55.6 Å². The summed E-state index contributed by atoms with van der Waals surface area (Å²) in [6, 6.07) is 17.8. The first-order valence-corrected chi connectivity index (χ1v) is 18.0. The molecule has 2 aliphatic heterocycles. The van der Waals surface area contributed by atoms with E-state index in [1.165, 1.54) is 10.5 Å². The Morgan fingerprint density at radius 2 is 1.69 bits per heavy atom. The number of ether oxygens (including phenoxy) is 3. The highest BCUT2D eigenvalue weighted by atomic mass is 35.5. The normalized spacial score (nSPS) is 15.7. The van der Waals surface area contributed by atoms with Gasteiger partial charge in [0.05, 0.1) is 35.1 Å². The highest BCUT2D eigenvalue weighted by Gasteiger charge is 2.27. The molecule has 5 aromatic rings. The van der Waals surface area contributed by atoms with Gasteiger partial charge in [0, 0.05) is 97.7 Å². The number of hydrogen-bond acceptors (Lipinski definition) is 7. The van der Waals surface area contributed by atoms with E-state index >= 15 is 0 Å². The molecule has 51 heavy (non-hydrogen) atoms. The number of carbonyl (C=O) groups is 1. The number of rotatable bonds is 10. The summed E-state index contributed by atoms with van der Waals surface area (Å²) < 4.78 is 18.8. The van der Waals surface area contributed by atoms with Crippen molar-refractivity contribution in [3.05, 3.63) is 88.2 Å². The van der Waals surface area contributed by atoms with Crippen LogP contribution in [0.3, 0.4) is 0 Å². The van der Waals surface area contributed by atoms with Gasteiger partial charge in [-0.05, 0) is 55.5 Å². The summed E-state index contributed by atoms with van der Waals surface area (Å²) in [5.41, 5.74) is 7.20. The lowest BCUT2D eigenvalue weighted by Crippen LogP contribution is -2.42. The van der Waals surface area contributed by atoms with E-state index in [1.54, 1.807) is 13.3 Å². The number of carboxylic acid groups (broad SMARTS) is 1. The van der Waals surface area contributed by atoms with Crippen molar-refractivity contribution in [1.82, 2.24) is 24.8 Å². The number of nitrogens with zero attached hydrogens (tertiary/aromatic N) is 4. The van der Waals surface area contributed by atoms with Crippen molar-refractivity contribution >= 4 is 40.3 Å². The molecule has 266 valence electrons. The molecule has 0 saturated carbocycles. The Hall–Kier alpha value is -4.19. The Bertz CT molecular complexity index is 2040. The minimum Gasteiger partial charge on any atom is -0.496 e. The minimum atomic E-state index is -0.966. The topological polar surface area (TPSA) is 111 Å². The van der Waals surface area contributed by atoms with E-state index in [9.17, 15) is 9.90 Å². The second-order valence-electron chi connectivity index (χ2n) is 13.1. The number of nitrogens with one attached hydrogen (secondary N) is 1. The highest BCUT2D eigenvalue weighted by Crippen LogP contribution is 2.42. The van der Waals surface area contributed by atoms with Crippen LogP contribution in [0.4, 0.5) is 4.79 Å². The molecule has 0 unspecified atom stereocenters. The number of aryl methyl sites for hydroxylation is 1. The lowest BCUT2D eigenvalue weighted by Gasteiger charge is -2.32. The van der Waals surface area contributed by atoms with Crippen LogP contribution in [-0.2, 0) is 29.6 Å². The first kappa shape index (κ1) is 35.2. The lowest BCUT2D eigenvalue weighted by molar-refractivity contribution is 0.0330. The van der Waals surface area contributed by atoms with Gasteiger partial charge in [-0.15, -0.1) is 0 Å². The minimum absolute atomic E-state index is 0.111. The quantitative estimate of drug-likeness (QED) is 0.148. The zero-order valence-electron chi connectivity index (χ0n) is 28.7. The Kier molecular flexibility index (Phi) is 10.8. The van der Waals surface area contributed by atoms with E-state index in [2.05, 4.69) is 27.1 Å². The molecule has 0 spiro atoms. The van der Waals surface area contributed by atoms with E-state index < -0.39 is 6.09 Å². The van der Waals surface area contributed by atoms with Crippen LogP contribution in [0.5, 0.6) is 5.75 Å². The average Bonchev–Trinajstić information content (AvgIpc) is 3.48. The maximum atomic E-state index is 12.2. The van der Waals surface area contributed by atoms with E-state index in [-0.39, 0.29) is 12.6 Å². The molecule has 0 bridgehead atoms. The molecule has 0 radical (unpaired) electrons. The van der Waals surface area contributed by atoms with Crippen LogP contribution in [0.1, 0.15) is 36.8 Å². The number of amides is 1. The standard InChI is InChI=1S/C39H41Cl2N5O5/c1-45-22-26(21-43-27-11-16-50-17-12-27)29-8-9-33(44-38(29)45)32-5-3-4-30(35(32)40)31-10-15-42-37(36(31)41)24-6-7-25(34(20-24)49-2)23-46(39(47)48)28-13-18-51-19-14-28/h3-10,15,20,22,27-28,43H,11-14,16-19,21,23H2,1-2H3,(H,47,48). The van der Waals surface area contributed by atoms with Crippen molar-refractivity contribution in [2.75, 3.05) is 33.5 Å². The average molecular weight is 731 g/mol. The van der Waals surface area contributed by atoms with Gasteiger partial charge < -0.3 is 34.1 Å². The van der Waals surface area contributed by atoms with Gasteiger partial charge in [-0.2, -0.15) is 0 Å². The number of aromatic nitrogens is 3. The molecule has 3 aromatic heterocycles. The van der Waals surface area contributed by atoms with Gasteiger partial charge in [0.25, 0.3) is 0 Å². The Labute approximate surface area is 307 Å². The van der Waals surface area contributed by atoms with Crippen molar-refractivity contribution in [1.29, 1.82) is 0 Å². The van der Waals surface area contributed by atoms with Gasteiger partial charge >= 0.3 is 6.09 Å². The van der Waals surface area contributed by atoms with Crippen LogP contribution in [0, 0.1) is 0 Å². The van der Waals surface area contributed by atoms with Crippen LogP contribution in [0.2, 0.25) is 10.0 Å². The number of pyridine rings is 2. The third-order valence-corrected chi connectivity index (χ3v) is 10.7. The Morgan fingerprint density at radius 1 is 0.961 bits per heavy atom. The first-order valence-electron chi connectivity index (χ1n) is 17.3. The molecule has 2 N–H and O–H groups in total. The van der Waals surface area contributed by atoms with Crippen LogP contribution in [0.15, 0.2) is 67.0 Å². The van der Waals surface area contributed by atoms with Crippen LogP contribution < -0.4 is 10.1 Å². The highest BCUT2D eigenvalue weighted by molar-refractivity contribution is 6.39. The molecule has 7 rings (SSSR count). The van der Waals surface area contributed by atoms with Crippen molar-refractivity contribution in [2.24, 2.45) is 7.05 Å². The fraction of sp³-hybridized carbons (Fsp3) is 0.359. The summed E-state index contributed by atoms with van der Waals surface area (Å²) in [7, 11) is 3.59. The second-order valence-corrected chi connectivity index (χ2v) is 13.8. The molecule has 0 atom stereocenters. The maximum absolute atomic E-state index is 12.2. The SMILES string of the molecule is COc1cc(-c2nccc(-c3cccc(-c4ccc5c(CNC6CCOCC6)cn(C)c5n4)c3Cl)c2Cl)ccc1CN(C(=O)O)C1CCOCC1. The van der Waals surface area contributed by atoms with Crippen molar-refractivity contribution in [3.63, 3.8) is 0 Å². The molecule has 2 saturated heterocycles. The molecular weight excluding hydrogens is 689 g/mol. The zero-order valence-corrected chi connectivity index (χ0v) is 30.2. The van der Waals surface area contributed by atoms with Crippen molar-refractivity contribution < 1.29 is 24.1 Å². The number of halogens is 2. The number of fused-ring (bicyclic) bond motifs is 1. The third-order valence-electron chi connectivity index (χ3n) is 9.94. The van der Waals surface area contributed by atoms with Crippen LogP contribution in [-0.4, -0.2) is 76.3 Å². The molecule has 2 aromatic carbocycles. The van der Waals surface area contributed by atoms with Crippen molar-refractivity contribution in [3.8, 4) is 39.4 Å². The molecule has 0 aliphatic carbocycles. The Morgan fingerprint density at radius 3 is 2.43 bits per heavy atom. The summed E-state index contributed by atoms with van der Waals surface area (Å²) in [6.07, 6.45) is 6.25. The second kappa shape index (κ2) is 15.6. The predicted octanol–water partition coefficient (Wildman–Crippen LogP) is 8.21. The molecular formula is C39H41Cl2N5O5. The maximum Gasteiger partial charge on any atom is 0.407 e. The summed E-state index contributed by atoms with van der Waals surface area (Å²) in [4.78, 5) is 23.3. The largest absolute Gasteiger partial charge is 0.496 e. The zero-order chi connectivity index (χ0) is 35.5. The number of methoxy groups -OCH3 is 1. The first-order chi connectivity index (χ1) is 24.8. The van der Waals surface area contributed by atoms with E-state index in [4.69, 9.17) is 42.4 Å². The lowest BCUT2D eigenvalue weighted by atomic mass is 9.99. The van der Waals surface area contributed by atoms with Crippen molar-refractivity contribution in [2.45, 2.75) is 50.9 Å². The van der Waals surface area contributed by atoms with Gasteiger partial charge in [-0.25, -0.2) is 9.78 Å². The summed E-state index contributed by atoms with van der Waals surface area (Å²) in [5, 5.41) is 15.8. The molecule has 2 fully saturated rings. The summed E-state index contributed by atoms with van der Waals surface area (Å²) in [6.45, 7) is 3.67. The van der Waals surface area contributed by atoms with E-state index in [0.29, 0.717) is 53.6 Å². The summed E-state index contributed by atoms with van der Waals surface area (Å²) in [5.74, 6) is 0.554. The monoisotopic (exact) mass is 729 g/mol. The molecule has 10 nitrogen and oxygen atoms in total. The smallest absolute Gasteiger partial charge is 0.407 e. The van der Waals surface area contributed by atoms with Gasteiger partial charge in [-0.1, -0.05) is 53.5 Å². The van der Waals surface area contributed by atoms with Gasteiger partial charge in [-0.3, -0.25) is 4.98 Å². The predicted molar refractivity (Wildman–Crippen MR) is 199 cm³/mol. The fourth-order valence-corrected chi connectivity index (χ4v) is 7.77. The third kappa shape index (κ3) is 7.43. The molecule has 1 amide bonds. The molecule has 12 heteroatoms. The van der Waals surface area contributed by atoms with Gasteiger partial charge in [0.2, 0.25) is 0 Å². The number of hydrogen-bond donors (Lipinski definition) is 2.